The summed E-state index contributed by atoms with van der Waals surface area (Å²) in [7, 11) is 0. The van der Waals surface area contributed by atoms with Crippen LogP contribution < -0.4 is 0 Å². The lowest BCUT2D eigenvalue weighted by molar-refractivity contribution is 0.183. The van der Waals surface area contributed by atoms with Gasteiger partial charge < -0.3 is 5.11 Å². The van der Waals surface area contributed by atoms with E-state index in [1.165, 1.54) is 6.42 Å². The molecule has 5 nitrogen and oxygen atoms in total. The Labute approximate surface area is 103 Å². The van der Waals surface area contributed by atoms with E-state index in [0.29, 0.717) is 6.54 Å². The molecule has 0 aromatic carbocycles. The molecule has 5 heteroatoms. The molecule has 1 rings (SSSR count). The second-order valence-corrected chi connectivity index (χ2v) is 4.25. The van der Waals surface area contributed by atoms with Crippen LogP contribution in [0.2, 0.25) is 0 Å². The first-order valence-corrected chi connectivity index (χ1v) is 6.51. The topological polar surface area (TPSA) is 54.2 Å². The van der Waals surface area contributed by atoms with Gasteiger partial charge in [-0.25, -0.2) is 9.67 Å². The molecule has 0 aliphatic rings. The zero-order valence-corrected chi connectivity index (χ0v) is 11.0. The van der Waals surface area contributed by atoms with Crippen molar-refractivity contribution >= 4 is 0 Å². The van der Waals surface area contributed by atoms with Crippen molar-refractivity contribution in [1.82, 2.24) is 19.7 Å². The van der Waals surface area contributed by atoms with Crippen LogP contribution in [0, 0.1) is 0 Å². The van der Waals surface area contributed by atoms with E-state index in [-0.39, 0.29) is 6.61 Å². The van der Waals surface area contributed by atoms with E-state index < -0.39 is 0 Å². The Kier molecular flexibility index (Phi) is 6.81. The average Bonchev–Trinajstić information content (AvgIpc) is 2.74. The largest absolute Gasteiger partial charge is 0.395 e. The third-order valence-corrected chi connectivity index (χ3v) is 2.74. The normalized spacial score (nSPS) is 11.3. The molecule has 0 saturated carbocycles. The number of aryl methyl sites for hydroxylation is 1. The number of rotatable bonds is 9. The van der Waals surface area contributed by atoms with Gasteiger partial charge in [0.2, 0.25) is 0 Å². The lowest BCUT2D eigenvalue weighted by atomic mass is 10.3. The van der Waals surface area contributed by atoms with Crippen LogP contribution in [0.4, 0.5) is 0 Å². The highest BCUT2D eigenvalue weighted by molar-refractivity contribution is 4.84. The molecule has 0 atom stereocenters. The van der Waals surface area contributed by atoms with Crippen molar-refractivity contribution < 1.29 is 5.11 Å². The molecule has 1 aromatic heterocycles. The minimum Gasteiger partial charge on any atom is -0.395 e. The van der Waals surface area contributed by atoms with Crippen LogP contribution in [0.3, 0.4) is 0 Å². The second kappa shape index (κ2) is 8.20. The molecule has 0 spiro atoms. The predicted molar refractivity (Wildman–Crippen MR) is 67.6 cm³/mol. The van der Waals surface area contributed by atoms with Crippen LogP contribution in [0.15, 0.2) is 6.33 Å². The van der Waals surface area contributed by atoms with E-state index in [9.17, 15) is 0 Å². The van der Waals surface area contributed by atoms with Crippen molar-refractivity contribution in [2.24, 2.45) is 0 Å². The average molecular weight is 240 g/mol. The van der Waals surface area contributed by atoms with Crippen LogP contribution >= 0.6 is 0 Å². The lowest BCUT2D eigenvalue weighted by Crippen LogP contribution is -2.29. The number of aliphatic hydroxyl groups excluding tert-OH is 1. The summed E-state index contributed by atoms with van der Waals surface area (Å²) in [5.41, 5.74) is 0. The fraction of sp³-hybridized carbons (Fsp3) is 0.833. The first-order chi connectivity index (χ1) is 8.31. The van der Waals surface area contributed by atoms with Crippen LogP contribution in [-0.2, 0) is 13.1 Å². The number of hydrogen-bond acceptors (Lipinski definition) is 4. The molecule has 98 valence electrons. The summed E-state index contributed by atoms with van der Waals surface area (Å²) < 4.78 is 1.95. The maximum absolute atomic E-state index is 9.05. The summed E-state index contributed by atoms with van der Waals surface area (Å²) in [4.78, 5) is 6.53. The van der Waals surface area contributed by atoms with Gasteiger partial charge in [-0.3, -0.25) is 4.90 Å². The fourth-order valence-electron chi connectivity index (χ4n) is 1.80. The molecule has 17 heavy (non-hydrogen) atoms. The summed E-state index contributed by atoms with van der Waals surface area (Å²) in [6.07, 6.45) is 5.00. The van der Waals surface area contributed by atoms with E-state index in [2.05, 4.69) is 28.8 Å². The van der Waals surface area contributed by atoms with Gasteiger partial charge in [0.1, 0.15) is 12.2 Å². The van der Waals surface area contributed by atoms with Crippen LogP contribution in [0.5, 0.6) is 0 Å². The van der Waals surface area contributed by atoms with E-state index in [1.54, 1.807) is 6.33 Å². The summed E-state index contributed by atoms with van der Waals surface area (Å²) >= 11 is 0. The lowest BCUT2D eigenvalue weighted by Gasteiger charge is -2.20. The number of aliphatic hydroxyl groups is 1. The first kappa shape index (κ1) is 14.1. The van der Waals surface area contributed by atoms with Crippen molar-refractivity contribution in [2.75, 3.05) is 19.7 Å². The van der Waals surface area contributed by atoms with Crippen LogP contribution in [0.25, 0.3) is 0 Å². The van der Waals surface area contributed by atoms with E-state index in [0.717, 1.165) is 38.3 Å². The van der Waals surface area contributed by atoms with Gasteiger partial charge in [0, 0.05) is 13.1 Å². The van der Waals surface area contributed by atoms with E-state index in [1.807, 2.05) is 4.68 Å². The van der Waals surface area contributed by atoms with Gasteiger partial charge in [0.05, 0.1) is 13.2 Å². The Morgan fingerprint density at radius 2 is 2.12 bits per heavy atom. The highest BCUT2D eigenvalue weighted by Crippen LogP contribution is 2.03. The number of aromatic nitrogens is 3. The van der Waals surface area contributed by atoms with Gasteiger partial charge >= 0.3 is 0 Å². The van der Waals surface area contributed by atoms with Crippen molar-refractivity contribution in [2.45, 2.75) is 46.2 Å². The molecule has 1 N–H and O–H groups in total. The molecule has 0 saturated heterocycles. The van der Waals surface area contributed by atoms with Gasteiger partial charge in [-0.05, 0) is 19.4 Å². The Hall–Kier alpha value is -0.940. The van der Waals surface area contributed by atoms with Crippen molar-refractivity contribution in [3.63, 3.8) is 0 Å². The molecule has 0 unspecified atom stereocenters. The molecule has 0 amide bonds. The summed E-state index contributed by atoms with van der Waals surface area (Å²) in [6.45, 7) is 7.92. The van der Waals surface area contributed by atoms with E-state index >= 15 is 0 Å². The zero-order chi connectivity index (χ0) is 12.5. The number of hydrogen-bond donors (Lipinski definition) is 1. The summed E-state index contributed by atoms with van der Waals surface area (Å²) in [5.74, 6) is 0.997. The molecule has 0 bridgehead atoms. The Balaban J connectivity index is 2.54. The SMILES string of the molecule is CCCCN(CCO)Cc1ncnn1CCC. The second-order valence-electron chi connectivity index (χ2n) is 4.25. The van der Waals surface area contributed by atoms with Gasteiger partial charge in [-0.15, -0.1) is 0 Å². The van der Waals surface area contributed by atoms with Crippen LogP contribution in [-0.4, -0.2) is 44.5 Å². The van der Waals surface area contributed by atoms with Gasteiger partial charge in [-0.1, -0.05) is 20.3 Å². The predicted octanol–water partition coefficient (Wildman–Crippen LogP) is 1.28. The summed E-state index contributed by atoms with van der Waals surface area (Å²) in [6, 6.07) is 0. The maximum Gasteiger partial charge on any atom is 0.141 e. The third kappa shape index (κ3) is 4.83. The molecular formula is C12H24N4O. The van der Waals surface area contributed by atoms with Crippen molar-refractivity contribution in [1.29, 1.82) is 0 Å². The third-order valence-electron chi connectivity index (χ3n) is 2.74. The van der Waals surface area contributed by atoms with E-state index in [4.69, 9.17) is 5.11 Å². The first-order valence-electron chi connectivity index (χ1n) is 6.51. The minimum absolute atomic E-state index is 0.200. The van der Waals surface area contributed by atoms with Gasteiger partial charge in [0.25, 0.3) is 0 Å². The molecule has 0 radical (unpaired) electrons. The molecule has 0 aliphatic carbocycles. The molecular weight excluding hydrogens is 216 g/mol. The quantitative estimate of drug-likeness (QED) is 0.706. The Morgan fingerprint density at radius 3 is 2.76 bits per heavy atom. The smallest absolute Gasteiger partial charge is 0.141 e. The molecule has 1 aromatic rings. The van der Waals surface area contributed by atoms with Crippen molar-refractivity contribution in [3.8, 4) is 0 Å². The maximum atomic E-state index is 9.05. The Bertz CT molecular complexity index is 300. The number of unbranched alkanes of at least 4 members (excludes halogenated alkanes) is 1. The zero-order valence-electron chi connectivity index (χ0n) is 11.0. The molecule has 0 fully saturated rings. The number of nitrogens with zero attached hydrogens (tertiary/aromatic N) is 4. The standard InChI is InChI=1S/C12H24N4O/c1-3-5-7-15(8-9-17)10-12-13-11-14-16(12)6-4-2/h11,17H,3-10H2,1-2H3. The highest BCUT2D eigenvalue weighted by Gasteiger charge is 2.09. The van der Waals surface area contributed by atoms with Crippen molar-refractivity contribution in [3.05, 3.63) is 12.2 Å². The monoisotopic (exact) mass is 240 g/mol. The molecule has 1 heterocycles. The van der Waals surface area contributed by atoms with Gasteiger partial charge in [0.15, 0.2) is 0 Å². The highest BCUT2D eigenvalue weighted by atomic mass is 16.3. The minimum atomic E-state index is 0.200. The van der Waals surface area contributed by atoms with Gasteiger partial charge in [-0.2, -0.15) is 5.10 Å². The van der Waals surface area contributed by atoms with Crippen LogP contribution in [0.1, 0.15) is 38.9 Å². The molecule has 0 aliphatic heterocycles. The fourth-order valence-corrected chi connectivity index (χ4v) is 1.80. The summed E-state index contributed by atoms with van der Waals surface area (Å²) in [5, 5.41) is 13.3. The Morgan fingerprint density at radius 1 is 1.29 bits per heavy atom.